The zero-order valence-electron chi connectivity index (χ0n) is 13.7. The number of nitrogens with one attached hydrogen (secondary N) is 1. The number of amides is 1. The number of aromatic nitrogens is 2. The summed E-state index contributed by atoms with van der Waals surface area (Å²) in [6, 6.07) is 0. The Bertz CT molecular complexity index is 516. The molecule has 3 atom stereocenters. The van der Waals surface area contributed by atoms with Crippen LogP contribution < -0.4 is 5.32 Å². The van der Waals surface area contributed by atoms with E-state index in [1.165, 1.54) is 5.56 Å². The highest BCUT2D eigenvalue weighted by molar-refractivity contribution is 5.85. The lowest BCUT2D eigenvalue weighted by molar-refractivity contribution is -0.134. The third-order valence-electron chi connectivity index (χ3n) is 5.16. The van der Waals surface area contributed by atoms with Crippen LogP contribution >= 0.6 is 12.4 Å². The minimum Gasteiger partial charge on any atom is -0.342 e. The molecule has 0 aliphatic carbocycles. The molecule has 0 spiro atoms. The first-order chi connectivity index (χ1) is 10.1. The van der Waals surface area contributed by atoms with Gasteiger partial charge in [-0.05, 0) is 23.8 Å². The van der Waals surface area contributed by atoms with Crippen LogP contribution in [0.4, 0.5) is 0 Å². The molecule has 5 nitrogen and oxygen atoms in total. The van der Waals surface area contributed by atoms with Crippen molar-refractivity contribution in [1.82, 2.24) is 20.0 Å². The van der Waals surface area contributed by atoms with Crippen LogP contribution in [-0.4, -0.2) is 46.8 Å². The van der Waals surface area contributed by atoms with Crippen LogP contribution in [0.25, 0.3) is 0 Å². The molecule has 0 aromatic carbocycles. The Morgan fingerprint density at radius 3 is 2.77 bits per heavy atom. The van der Waals surface area contributed by atoms with Crippen LogP contribution in [0.15, 0.2) is 12.4 Å². The summed E-state index contributed by atoms with van der Waals surface area (Å²) in [6.07, 6.45) is 5.10. The van der Waals surface area contributed by atoms with Crippen LogP contribution in [0.1, 0.15) is 31.7 Å². The van der Waals surface area contributed by atoms with E-state index >= 15 is 0 Å². The molecule has 1 unspecified atom stereocenters. The highest BCUT2D eigenvalue weighted by Crippen LogP contribution is 2.32. The molecular weight excluding hydrogens is 300 g/mol. The molecule has 22 heavy (non-hydrogen) atoms. The van der Waals surface area contributed by atoms with Gasteiger partial charge in [-0.1, -0.05) is 13.8 Å². The first-order valence-electron chi connectivity index (χ1n) is 8.04. The van der Waals surface area contributed by atoms with Gasteiger partial charge in [0.15, 0.2) is 0 Å². The third-order valence-corrected chi connectivity index (χ3v) is 5.16. The monoisotopic (exact) mass is 326 g/mol. The molecule has 1 aromatic heterocycles. The summed E-state index contributed by atoms with van der Waals surface area (Å²) in [4.78, 5) is 15.0. The first-order valence-corrected chi connectivity index (χ1v) is 8.04. The Labute approximate surface area is 138 Å². The van der Waals surface area contributed by atoms with Gasteiger partial charge in [0.05, 0.1) is 12.1 Å². The van der Waals surface area contributed by atoms with Crippen molar-refractivity contribution < 1.29 is 4.79 Å². The predicted molar refractivity (Wildman–Crippen MR) is 89.1 cm³/mol. The summed E-state index contributed by atoms with van der Waals surface area (Å²) in [5.41, 5.74) is 1.18. The Morgan fingerprint density at radius 1 is 1.41 bits per heavy atom. The van der Waals surface area contributed by atoms with Gasteiger partial charge in [0.1, 0.15) is 0 Å². The number of hydrogen-bond donors (Lipinski definition) is 1. The second-order valence-corrected chi connectivity index (χ2v) is 6.90. The standard InChI is InChI=1S/C16H26N4O.ClH/c1-11(2)12-4-5-20(10-12)16(21)15-8-17-7-14(15)13-6-18-19(3)9-13;/h6,9,11-12,14-15,17H,4-5,7-8,10H2,1-3H3;1H/t12?,14-,15+;/m1./s1. The summed E-state index contributed by atoms with van der Waals surface area (Å²) in [5.74, 6) is 2.00. The molecule has 2 aliphatic rings. The van der Waals surface area contributed by atoms with Crippen LogP contribution in [0.3, 0.4) is 0 Å². The summed E-state index contributed by atoms with van der Waals surface area (Å²) in [5, 5.41) is 7.64. The van der Waals surface area contributed by atoms with Gasteiger partial charge < -0.3 is 10.2 Å². The molecular formula is C16H27ClN4O. The van der Waals surface area contributed by atoms with E-state index in [2.05, 4.69) is 29.2 Å². The van der Waals surface area contributed by atoms with Crippen molar-refractivity contribution in [3.05, 3.63) is 18.0 Å². The minimum atomic E-state index is 0. The fourth-order valence-corrected chi connectivity index (χ4v) is 3.69. The summed E-state index contributed by atoms with van der Waals surface area (Å²) in [6.45, 7) is 8.05. The van der Waals surface area contributed by atoms with Crippen LogP contribution in [-0.2, 0) is 11.8 Å². The number of carbonyl (C=O) groups excluding carboxylic acids is 1. The second kappa shape index (κ2) is 7.01. The van der Waals surface area contributed by atoms with Gasteiger partial charge in [0.25, 0.3) is 0 Å². The van der Waals surface area contributed by atoms with Gasteiger partial charge in [-0.3, -0.25) is 9.48 Å². The van der Waals surface area contributed by atoms with E-state index in [4.69, 9.17) is 0 Å². The van der Waals surface area contributed by atoms with E-state index in [1.807, 2.05) is 24.1 Å². The van der Waals surface area contributed by atoms with Crippen LogP contribution in [0.2, 0.25) is 0 Å². The molecule has 2 aliphatic heterocycles. The molecule has 0 saturated carbocycles. The number of aryl methyl sites for hydroxylation is 1. The SMILES string of the molecule is CC(C)C1CCN(C(=O)[C@H]2CNC[C@@H]2c2cnn(C)c2)C1.Cl. The van der Waals surface area contributed by atoms with E-state index in [-0.39, 0.29) is 24.2 Å². The largest absolute Gasteiger partial charge is 0.342 e. The molecule has 1 N–H and O–H groups in total. The third kappa shape index (κ3) is 3.30. The predicted octanol–water partition coefficient (Wildman–Crippen LogP) is 1.65. The minimum absolute atomic E-state index is 0. The number of carbonyl (C=O) groups is 1. The van der Waals surface area contributed by atoms with E-state index in [9.17, 15) is 4.79 Å². The van der Waals surface area contributed by atoms with Gasteiger partial charge in [-0.15, -0.1) is 12.4 Å². The lowest BCUT2D eigenvalue weighted by atomic mass is 9.89. The number of nitrogens with zero attached hydrogens (tertiary/aromatic N) is 3. The van der Waals surface area contributed by atoms with Crippen molar-refractivity contribution in [2.24, 2.45) is 24.8 Å². The maximum absolute atomic E-state index is 12.9. The lowest BCUT2D eigenvalue weighted by Crippen LogP contribution is -2.37. The van der Waals surface area contributed by atoms with Crippen molar-refractivity contribution in [3.63, 3.8) is 0 Å². The van der Waals surface area contributed by atoms with E-state index in [0.29, 0.717) is 17.7 Å². The van der Waals surface area contributed by atoms with Gasteiger partial charge >= 0.3 is 0 Å². The van der Waals surface area contributed by atoms with E-state index in [0.717, 1.165) is 32.6 Å². The maximum Gasteiger partial charge on any atom is 0.227 e. The average Bonchev–Trinajstić information content (AvgIpc) is 3.17. The number of likely N-dealkylation sites (tertiary alicyclic amines) is 1. The molecule has 0 bridgehead atoms. The number of hydrogen-bond acceptors (Lipinski definition) is 3. The van der Waals surface area contributed by atoms with E-state index in [1.54, 1.807) is 0 Å². The van der Waals surface area contributed by atoms with Crippen LogP contribution in [0, 0.1) is 17.8 Å². The molecule has 1 amide bonds. The number of rotatable bonds is 3. The molecule has 0 radical (unpaired) electrons. The van der Waals surface area contributed by atoms with Gasteiger partial charge in [-0.2, -0.15) is 5.10 Å². The van der Waals surface area contributed by atoms with Crippen molar-refractivity contribution in [3.8, 4) is 0 Å². The molecule has 1 aromatic rings. The first kappa shape index (κ1) is 17.3. The molecule has 2 saturated heterocycles. The zero-order valence-corrected chi connectivity index (χ0v) is 14.5. The summed E-state index contributed by atoms with van der Waals surface area (Å²) < 4.78 is 1.82. The Kier molecular flexibility index (Phi) is 5.50. The Balaban J connectivity index is 0.00000176. The smallest absolute Gasteiger partial charge is 0.227 e. The maximum atomic E-state index is 12.9. The summed E-state index contributed by atoms with van der Waals surface area (Å²) in [7, 11) is 1.93. The second-order valence-electron chi connectivity index (χ2n) is 6.90. The zero-order chi connectivity index (χ0) is 15.0. The van der Waals surface area contributed by atoms with Crippen molar-refractivity contribution in [2.45, 2.75) is 26.2 Å². The quantitative estimate of drug-likeness (QED) is 0.919. The average molecular weight is 327 g/mol. The van der Waals surface area contributed by atoms with Crippen LogP contribution in [0.5, 0.6) is 0 Å². The molecule has 124 valence electrons. The topological polar surface area (TPSA) is 50.2 Å². The highest BCUT2D eigenvalue weighted by atomic mass is 35.5. The van der Waals surface area contributed by atoms with E-state index < -0.39 is 0 Å². The molecule has 3 heterocycles. The molecule has 2 fully saturated rings. The molecule has 3 rings (SSSR count). The Morgan fingerprint density at radius 2 is 2.18 bits per heavy atom. The fraction of sp³-hybridized carbons (Fsp3) is 0.750. The van der Waals surface area contributed by atoms with Gasteiger partial charge in [0, 0.05) is 45.3 Å². The summed E-state index contributed by atoms with van der Waals surface area (Å²) >= 11 is 0. The fourth-order valence-electron chi connectivity index (χ4n) is 3.69. The van der Waals surface area contributed by atoms with Gasteiger partial charge in [-0.25, -0.2) is 0 Å². The van der Waals surface area contributed by atoms with Crippen molar-refractivity contribution >= 4 is 18.3 Å². The van der Waals surface area contributed by atoms with Crippen molar-refractivity contribution in [1.29, 1.82) is 0 Å². The normalized spacial score (nSPS) is 28.2. The number of halogens is 1. The highest BCUT2D eigenvalue weighted by Gasteiger charge is 2.39. The lowest BCUT2D eigenvalue weighted by Gasteiger charge is -2.24. The van der Waals surface area contributed by atoms with Crippen molar-refractivity contribution in [2.75, 3.05) is 26.2 Å². The Hall–Kier alpha value is -1.07. The van der Waals surface area contributed by atoms with Gasteiger partial charge in [0.2, 0.25) is 5.91 Å². The molecule has 6 heteroatoms.